The maximum Gasteiger partial charge on any atom is 0.274 e. The minimum absolute atomic E-state index is 0.0378. The highest BCUT2D eigenvalue weighted by molar-refractivity contribution is 5.93. The number of pyridine rings is 1. The number of nitrogens with zero attached hydrogens (tertiary/aromatic N) is 4. The van der Waals surface area contributed by atoms with Gasteiger partial charge in [-0.2, -0.15) is 0 Å². The van der Waals surface area contributed by atoms with Gasteiger partial charge in [-0.15, -0.1) is 0 Å². The third-order valence-electron chi connectivity index (χ3n) is 5.45. The number of benzene rings is 1. The fourth-order valence-electron chi connectivity index (χ4n) is 3.77. The minimum atomic E-state index is 0.0378. The second-order valence-electron chi connectivity index (χ2n) is 7.37. The second-order valence-corrected chi connectivity index (χ2v) is 7.37. The molecule has 3 heterocycles. The highest BCUT2D eigenvalue weighted by atomic mass is 16.2. The van der Waals surface area contributed by atoms with E-state index in [1.807, 2.05) is 40.6 Å². The van der Waals surface area contributed by atoms with Crippen molar-refractivity contribution < 1.29 is 4.79 Å². The first-order valence-electron chi connectivity index (χ1n) is 9.63. The Balaban J connectivity index is 1.45. The Labute approximate surface area is 160 Å². The van der Waals surface area contributed by atoms with Crippen molar-refractivity contribution in [2.24, 2.45) is 0 Å². The fraction of sp³-hybridized carbons (Fsp3) is 0.364. The van der Waals surface area contributed by atoms with Crippen LogP contribution in [0.1, 0.15) is 33.7 Å². The summed E-state index contributed by atoms with van der Waals surface area (Å²) < 4.78 is 1.98. The molecular formula is C22H26N4O. The van der Waals surface area contributed by atoms with E-state index < -0.39 is 0 Å². The summed E-state index contributed by atoms with van der Waals surface area (Å²) in [5.41, 5.74) is 5.15. The Morgan fingerprint density at radius 3 is 2.67 bits per heavy atom. The molecule has 5 nitrogen and oxygen atoms in total. The van der Waals surface area contributed by atoms with Gasteiger partial charge in [0.05, 0.1) is 0 Å². The maximum absolute atomic E-state index is 13.0. The van der Waals surface area contributed by atoms with Crippen molar-refractivity contribution in [3.05, 3.63) is 71.2 Å². The fourth-order valence-corrected chi connectivity index (χ4v) is 3.77. The summed E-state index contributed by atoms with van der Waals surface area (Å²) in [6.45, 7) is 8.58. The molecule has 0 atom stereocenters. The average molecular weight is 362 g/mol. The standard InChI is InChI=1S/C22H26N4O/c1-17-7-3-4-9-19(17)15-24-11-6-12-25(14-13-24)22(27)20-16-26-18(2)8-5-10-21(26)23-20/h3-5,7-10,16H,6,11-15H2,1-2H3. The number of rotatable bonds is 3. The smallest absolute Gasteiger partial charge is 0.274 e. The quantitative estimate of drug-likeness (QED) is 0.718. The lowest BCUT2D eigenvalue weighted by atomic mass is 10.1. The van der Waals surface area contributed by atoms with E-state index in [0.717, 1.165) is 50.5 Å². The molecule has 1 amide bonds. The molecule has 0 saturated carbocycles. The van der Waals surface area contributed by atoms with E-state index in [9.17, 15) is 4.79 Å². The molecule has 0 N–H and O–H groups in total. The van der Waals surface area contributed by atoms with Gasteiger partial charge in [-0.1, -0.05) is 30.3 Å². The first-order chi connectivity index (χ1) is 13.1. The van der Waals surface area contributed by atoms with Gasteiger partial charge < -0.3 is 9.30 Å². The Bertz CT molecular complexity index is 962. The predicted octanol–water partition coefficient (Wildman–Crippen LogP) is 3.30. The number of carbonyl (C=O) groups is 1. The minimum Gasteiger partial charge on any atom is -0.336 e. The topological polar surface area (TPSA) is 40.9 Å². The van der Waals surface area contributed by atoms with Crippen LogP contribution in [0.3, 0.4) is 0 Å². The van der Waals surface area contributed by atoms with Crippen LogP contribution in [0.15, 0.2) is 48.7 Å². The molecule has 5 heteroatoms. The van der Waals surface area contributed by atoms with Gasteiger partial charge in [0, 0.05) is 44.6 Å². The lowest BCUT2D eigenvalue weighted by Crippen LogP contribution is -2.35. The molecule has 1 aliphatic rings. The molecule has 0 radical (unpaired) electrons. The largest absolute Gasteiger partial charge is 0.336 e. The highest BCUT2D eigenvalue weighted by Crippen LogP contribution is 2.15. The number of amides is 1. The van der Waals surface area contributed by atoms with Gasteiger partial charge in [0.2, 0.25) is 0 Å². The molecule has 4 rings (SSSR count). The molecule has 0 bridgehead atoms. The van der Waals surface area contributed by atoms with Gasteiger partial charge in [0.15, 0.2) is 0 Å². The van der Waals surface area contributed by atoms with Gasteiger partial charge in [0.25, 0.3) is 5.91 Å². The zero-order chi connectivity index (χ0) is 18.8. The van der Waals surface area contributed by atoms with E-state index in [1.165, 1.54) is 11.1 Å². The van der Waals surface area contributed by atoms with Crippen LogP contribution >= 0.6 is 0 Å². The number of hydrogen-bond donors (Lipinski definition) is 0. The van der Waals surface area contributed by atoms with Crippen molar-refractivity contribution in [1.82, 2.24) is 19.2 Å². The summed E-state index contributed by atoms with van der Waals surface area (Å²) in [5, 5.41) is 0. The monoisotopic (exact) mass is 362 g/mol. The summed E-state index contributed by atoms with van der Waals surface area (Å²) in [5.74, 6) is 0.0378. The van der Waals surface area contributed by atoms with E-state index in [0.29, 0.717) is 5.69 Å². The van der Waals surface area contributed by atoms with Crippen LogP contribution in [0.5, 0.6) is 0 Å². The zero-order valence-electron chi connectivity index (χ0n) is 16.1. The third kappa shape index (κ3) is 3.74. The number of hydrogen-bond acceptors (Lipinski definition) is 3. The molecule has 0 aliphatic carbocycles. The molecule has 140 valence electrons. The van der Waals surface area contributed by atoms with Gasteiger partial charge >= 0.3 is 0 Å². The van der Waals surface area contributed by atoms with Crippen LogP contribution in [0, 0.1) is 13.8 Å². The molecule has 1 aromatic carbocycles. The number of fused-ring (bicyclic) bond motifs is 1. The molecule has 27 heavy (non-hydrogen) atoms. The van der Waals surface area contributed by atoms with Gasteiger partial charge in [-0.05, 0) is 43.5 Å². The predicted molar refractivity (Wildman–Crippen MR) is 107 cm³/mol. The summed E-state index contributed by atoms with van der Waals surface area (Å²) in [7, 11) is 0. The van der Waals surface area contributed by atoms with Crippen LogP contribution in [0.25, 0.3) is 5.65 Å². The molecule has 3 aromatic rings. The molecular weight excluding hydrogens is 336 g/mol. The van der Waals surface area contributed by atoms with Crippen LogP contribution in [-0.4, -0.2) is 51.3 Å². The summed E-state index contributed by atoms with van der Waals surface area (Å²) in [6, 6.07) is 14.5. The van der Waals surface area contributed by atoms with Crippen molar-refractivity contribution in [2.45, 2.75) is 26.8 Å². The van der Waals surface area contributed by atoms with E-state index in [-0.39, 0.29) is 5.91 Å². The van der Waals surface area contributed by atoms with Crippen LogP contribution in [0.4, 0.5) is 0 Å². The molecule has 1 aliphatic heterocycles. The lowest BCUT2D eigenvalue weighted by Gasteiger charge is -2.22. The van der Waals surface area contributed by atoms with Crippen molar-refractivity contribution in [3.8, 4) is 0 Å². The molecule has 2 aromatic heterocycles. The third-order valence-corrected chi connectivity index (χ3v) is 5.45. The molecule has 1 fully saturated rings. The lowest BCUT2D eigenvalue weighted by molar-refractivity contribution is 0.0756. The van der Waals surface area contributed by atoms with E-state index in [2.05, 4.69) is 41.1 Å². The van der Waals surface area contributed by atoms with Crippen LogP contribution < -0.4 is 0 Å². The maximum atomic E-state index is 13.0. The second kappa shape index (κ2) is 7.53. The number of carbonyl (C=O) groups excluding carboxylic acids is 1. The van der Waals surface area contributed by atoms with Gasteiger partial charge in [-0.3, -0.25) is 9.69 Å². The first-order valence-corrected chi connectivity index (χ1v) is 9.63. The SMILES string of the molecule is Cc1ccccc1CN1CCCN(C(=O)c2cn3c(C)cccc3n2)CC1. The van der Waals surface area contributed by atoms with Gasteiger partial charge in [-0.25, -0.2) is 4.98 Å². The van der Waals surface area contributed by atoms with Crippen molar-refractivity contribution in [2.75, 3.05) is 26.2 Å². The highest BCUT2D eigenvalue weighted by Gasteiger charge is 2.22. The van der Waals surface area contributed by atoms with Crippen LogP contribution in [-0.2, 0) is 6.54 Å². The Morgan fingerprint density at radius 2 is 1.85 bits per heavy atom. The summed E-state index contributed by atoms with van der Waals surface area (Å²) >= 11 is 0. The Hall–Kier alpha value is -2.66. The van der Waals surface area contributed by atoms with E-state index >= 15 is 0 Å². The summed E-state index contributed by atoms with van der Waals surface area (Å²) in [4.78, 5) is 21.9. The van der Waals surface area contributed by atoms with Crippen molar-refractivity contribution >= 4 is 11.6 Å². The van der Waals surface area contributed by atoms with Crippen molar-refractivity contribution in [3.63, 3.8) is 0 Å². The normalized spacial score (nSPS) is 15.9. The van der Waals surface area contributed by atoms with E-state index in [4.69, 9.17) is 0 Å². The number of aromatic nitrogens is 2. The summed E-state index contributed by atoms with van der Waals surface area (Å²) in [6.07, 6.45) is 2.85. The van der Waals surface area contributed by atoms with E-state index in [1.54, 1.807) is 0 Å². The number of aryl methyl sites for hydroxylation is 2. The van der Waals surface area contributed by atoms with Crippen LogP contribution in [0.2, 0.25) is 0 Å². The van der Waals surface area contributed by atoms with Crippen molar-refractivity contribution in [1.29, 1.82) is 0 Å². The average Bonchev–Trinajstić information content (AvgIpc) is 2.98. The van der Waals surface area contributed by atoms with Gasteiger partial charge in [0.1, 0.15) is 11.3 Å². The molecule has 0 spiro atoms. The molecule has 0 unspecified atom stereocenters. The molecule has 1 saturated heterocycles. The zero-order valence-corrected chi connectivity index (χ0v) is 16.1. The number of imidazole rings is 1. The Morgan fingerprint density at radius 1 is 1.00 bits per heavy atom. The first kappa shape index (κ1) is 17.7. The Kier molecular flexibility index (Phi) is 4.94.